The summed E-state index contributed by atoms with van der Waals surface area (Å²) in [6, 6.07) is 10.3. The molecule has 0 amide bonds. The van der Waals surface area contributed by atoms with Crippen LogP contribution in [-0.4, -0.2) is 29.0 Å². The molecular formula is C17H21ClIN5O2. The second-order valence-corrected chi connectivity index (χ2v) is 5.63. The minimum absolute atomic E-state index is 0. The zero-order chi connectivity index (χ0) is 18.1. The molecular weight excluding hydrogens is 469 g/mol. The smallest absolute Gasteiger partial charge is 0.274 e. The van der Waals surface area contributed by atoms with Gasteiger partial charge in [0.05, 0.1) is 17.0 Å². The molecule has 0 bridgehead atoms. The summed E-state index contributed by atoms with van der Waals surface area (Å²) in [5.74, 6) is 0.613. The third-order valence-corrected chi connectivity index (χ3v) is 3.66. The number of benzene rings is 1. The first kappa shape index (κ1) is 22.1. The van der Waals surface area contributed by atoms with Crippen molar-refractivity contribution >= 4 is 47.2 Å². The number of hydrogen-bond donors (Lipinski definition) is 2. The van der Waals surface area contributed by atoms with Gasteiger partial charge in [-0.15, -0.1) is 24.0 Å². The van der Waals surface area contributed by atoms with Crippen molar-refractivity contribution in [3.63, 3.8) is 0 Å². The Morgan fingerprint density at radius 2 is 2.04 bits per heavy atom. The number of nitro groups is 1. The van der Waals surface area contributed by atoms with E-state index in [1.807, 2.05) is 13.0 Å². The van der Waals surface area contributed by atoms with Crippen molar-refractivity contribution in [2.75, 3.05) is 13.1 Å². The van der Waals surface area contributed by atoms with Crippen LogP contribution in [0.3, 0.4) is 0 Å². The van der Waals surface area contributed by atoms with E-state index in [0.29, 0.717) is 29.8 Å². The number of aromatic nitrogens is 1. The molecule has 2 aromatic rings. The van der Waals surface area contributed by atoms with Gasteiger partial charge in [0.25, 0.3) is 5.69 Å². The highest BCUT2D eigenvalue weighted by Gasteiger charge is 2.11. The Bertz CT molecular complexity index is 740. The van der Waals surface area contributed by atoms with Crippen molar-refractivity contribution < 1.29 is 4.92 Å². The van der Waals surface area contributed by atoms with Crippen LogP contribution >= 0.6 is 35.6 Å². The van der Waals surface area contributed by atoms with E-state index in [-0.39, 0.29) is 36.2 Å². The van der Waals surface area contributed by atoms with Crippen LogP contribution < -0.4 is 10.6 Å². The fourth-order valence-electron chi connectivity index (χ4n) is 2.21. The first-order valence-electron chi connectivity index (χ1n) is 7.95. The maximum atomic E-state index is 11.1. The summed E-state index contributed by atoms with van der Waals surface area (Å²) < 4.78 is 0. The molecule has 1 aromatic carbocycles. The van der Waals surface area contributed by atoms with Crippen LogP contribution in [0.4, 0.5) is 5.69 Å². The second kappa shape index (κ2) is 11.6. The quantitative estimate of drug-likeness (QED) is 0.155. The summed E-state index contributed by atoms with van der Waals surface area (Å²) >= 11 is 5.77. The third kappa shape index (κ3) is 7.12. The zero-order valence-corrected chi connectivity index (χ0v) is 17.4. The van der Waals surface area contributed by atoms with E-state index in [4.69, 9.17) is 11.6 Å². The Kier molecular flexibility index (Phi) is 9.89. The van der Waals surface area contributed by atoms with Crippen LogP contribution in [0.15, 0.2) is 47.6 Å². The van der Waals surface area contributed by atoms with Crippen molar-refractivity contribution in [2.45, 2.75) is 19.9 Å². The van der Waals surface area contributed by atoms with Crippen molar-refractivity contribution in [2.24, 2.45) is 4.99 Å². The largest absolute Gasteiger partial charge is 0.357 e. The standard InChI is InChI=1S/C17H20ClN5O2.HI/c1-2-19-17(20-10-9-13-7-8-16(18)21-11-13)22-12-14-5-3-4-6-15(14)23(24)25;/h3-8,11H,2,9-10,12H2,1H3,(H2,19,20,22);1H. The lowest BCUT2D eigenvalue weighted by Crippen LogP contribution is -2.38. The molecule has 0 aliphatic heterocycles. The molecule has 1 heterocycles. The van der Waals surface area contributed by atoms with Crippen molar-refractivity contribution in [1.82, 2.24) is 15.6 Å². The number of pyridine rings is 1. The fraction of sp³-hybridized carbons (Fsp3) is 0.294. The average molecular weight is 490 g/mol. The maximum absolute atomic E-state index is 11.1. The van der Waals surface area contributed by atoms with Gasteiger partial charge in [0, 0.05) is 25.4 Å². The molecule has 0 saturated carbocycles. The Balaban J connectivity index is 0.00000338. The number of guanidine groups is 1. The minimum atomic E-state index is -0.390. The van der Waals surface area contributed by atoms with Crippen LogP contribution in [0, 0.1) is 10.1 Å². The van der Waals surface area contributed by atoms with Gasteiger partial charge < -0.3 is 10.6 Å². The average Bonchev–Trinajstić information content (AvgIpc) is 2.61. The number of rotatable bonds is 7. The number of halogens is 2. The topological polar surface area (TPSA) is 92.5 Å². The molecule has 1 aromatic heterocycles. The van der Waals surface area contributed by atoms with Gasteiger partial charge in [0.2, 0.25) is 0 Å². The van der Waals surface area contributed by atoms with Gasteiger partial charge in [-0.25, -0.2) is 9.98 Å². The molecule has 26 heavy (non-hydrogen) atoms. The van der Waals surface area contributed by atoms with Gasteiger partial charge in [-0.05, 0) is 25.0 Å². The van der Waals surface area contributed by atoms with Gasteiger partial charge in [0.15, 0.2) is 5.96 Å². The summed E-state index contributed by atoms with van der Waals surface area (Å²) in [5.41, 5.74) is 1.72. The predicted molar refractivity (Wildman–Crippen MR) is 114 cm³/mol. The lowest BCUT2D eigenvalue weighted by molar-refractivity contribution is -0.385. The van der Waals surface area contributed by atoms with Gasteiger partial charge in [0.1, 0.15) is 5.15 Å². The van der Waals surface area contributed by atoms with Crippen molar-refractivity contribution in [3.8, 4) is 0 Å². The summed E-state index contributed by atoms with van der Waals surface area (Å²) in [5, 5.41) is 17.9. The highest BCUT2D eigenvalue weighted by atomic mass is 127. The normalized spacial score (nSPS) is 10.8. The number of para-hydroxylation sites is 1. The summed E-state index contributed by atoms with van der Waals surface area (Å²) in [6.45, 7) is 3.55. The molecule has 9 heteroatoms. The van der Waals surface area contributed by atoms with E-state index in [1.54, 1.807) is 30.5 Å². The molecule has 140 valence electrons. The SMILES string of the molecule is CCNC(=NCc1ccccc1[N+](=O)[O-])NCCc1ccc(Cl)nc1.I. The molecule has 2 N–H and O–H groups in total. The second-order valence-electron chi connectivity index (χ2n) is 5.25. The molecule has 0 fully saturated rings. The van der Waals surface area contributed by atoms with Crippen molar-refractivity contribution in [3.05, 3.63) is 69.0 Å². The fourth-order valence-corrected chi connectivity index (χ4v) is 2.32. The monoisotopic (exact) mass is 489 g/mol. The lowest BCUT2D eigenvalue weighted by Gasteiger charge is -2.11. The molecule has 2 rings (SSSR count). The predicted octanol–water partition coefficient (Wildman–Crippen LogP) is 3.56. The van der Waals surface area contributed by atoms with E-state index < -0.39 is 4.92 Å². The van der Waals surface area contributed by atoms with Gasteiger partial charge in [-0.3, -0.25) is 10.1 Å². The van der Waals surface area contributed by atoms with Crippen LogP contribution in [0.1, 0.15) is 18.1 Å². The minimum Gasteiger partial charge on any atom is -0.357 e. The van der Waals surface area contributed by atoms with Crippen LogP contribution in [-0.2, 0) is 13.0 Å². The van der Waals surface area contributed by atoms with Gasteiger partial charge in [-0.2, -0.15) is 0 Å². The zero-order valence-electron chi connectivity index (χ0n) is 14.3. The van der Waals surface area contributed by atoms with Gasteiger partial charge >= 0.3 is 0 Å². The van der Waals surface area contributed by atoms with E-state index in [9.17, 15) is 10.1 Å². The Morgan fingerprint density at radius 1 is 1.27 bits per heavy atom. The van der Waals surface area contributed by atoms with Crippen LogP contribution in [0.5, 0.6) is 0 Å². The first-order valence-corrected chi connectivity index (χ1v) is 8.33. The number of nitro benzene ring substituents is 1. The molecule has 0 aliphatic rings. The molecule has 0 atom stereocenters. The Labute approximate surface area is 174 Å². The highest BCUT2D eigenvalue weighted by molar-refractivity contribution is 14.0. The maximum Gasteiger partial charge on any atom is 0.274 e. The molecule has 0 spiro atoms. The molecule has 0 unspecified atom stereocenters. The van der Waals surface area contributed by atoms with Crippen LogP contribution in [0.2, 0.25) is 5.15 Å². The van der Waals surface area contributed by atoms with E-state index >= 15 is 0 Å². The number of nitrogens with zero attached hydrogens (tertiary/aromatic N) is 3. The summed E-state index contributed by atoms with van der Waals surface area (Å²) in [7, 11) is 0. The summed E-state index contributed by atoms with van der Waals surface area (Å²) in [4.78, 5) is 19.1. The number of hydrogen-bond acceptors (Lipinski definition) is 4. The summed E-state index contributed by atoms with van der Waals surface area (Å²) in [6.07, 6.45) is 2.50. The highest BCUT2D eigenvalue weighted by Crippen LogP contribution is 2.18. The molecule has 0 saturated heterocycles. The Hall–Kier alpha value is -1.94. The third-order valence-electron chi connectivity index (χ3n) is 3.43. The number of aliphatic imine (C=N–C) groups is 1. The van der Waals surface area contributed by atoms with E-state index in [1.165, 1.54) is 6.07 Å². The van der Waals surface area contributed by atoms with Gasteiger partial charge in [-0.1, -0.05) is 35.9 Å². The molecule has 0 aliphatic carbocycles. The lowest BCUT2D eigenvalue weighted by atomic mass is 10.2. The first-order chi connectivity index (χ1) is 12.1. The molecule has 0 radical (unpaired) electrons. The van der Waals surface area contributed by atoms with Crippen LogP contribution in [0.25, 0.3) is 0 Å². The van der Waals surface area contributed by atoms with E-state index in [2.05, 4.69) is 20.6 Å². The van der Waals surface area contributed by atoms with E-state index in [0.717, 1.165) is 12.0 Å². The Morgan fingerprint density at radius 3 is 2.69 bits per heavy atom. The number of nitrogens with one attached hydrogen (secondary N) is 2. The molecule has 7 nitrogen and oxygen atoms in total. The van der Waals surface area contributed by atoms with Crippen molar-refractivity contribution in [1.29, 1.82) is 0 Å².